The number of aromatic nitrogens is 2. The van der Waals surface area contributed by atoms with Crippen LogP contribution in [0.15, 0.2) is 0 Å². The first kappa shape index (κ1) is 14.4. The van der Waals surface area contributed by atoms with Crippen molar-refractivity contribution in [2.45, 2.75) is 46.3 Å². The van der Waals surface area contributed by atoms with E-state index in [0.717, 1.165) is 11.3 Å². The van der Waals surface area contributed by atoms with Crippen LogP contribution in [0.2, 0.25) is 0 Å². The van der Waals surface area contributed by atoms with Gasteiger partial charge in [-0.3, -0.25) is 4.79 Å². The van der Waals surface area contributed by atoms with Crippen molar-refractivity contribution in [2.24, 2.45) is 0 Å². The number of rotatable bonds is 1. The Kier molecular flexibility index (Phi) is 3.74. The Morgan fingerprint density at radius 2 is 2.05 bits per heavy atom. The highest BCUT2D eigenvalue weighted by Gasteiger charge is 2.28. The molecule has 6 nitrogen and oxygen atoms in total. The van der Waals surface area contributed by atoms with Gasteiger partial charge in [-0.25, -0.2) is 14.8 Å². The lowest BCUT2D eigenvalue weighted by atomic mass is 10.0. The Labute approximate surface area is 118 Å². The molecule has 0 N–H and O–H groups in total. The molecule has 0 radical (unpaired) electrons. The summed E-state index contributed by atoms with van der Waals surface area (Å²) in [5, 5.41) is 0. The van der Waals surface area contributed by atoms with E-state index in [-0.39, 0.29) is 6.09 Å². The summed E-state index contributed by atoms with van der Waals surface area (Å²) in [7, 11) is 0. The topological polar surface area (TPSA) is 72.4 Å². The fourth-order valence-electron chi connectivity index (χ4n) is 2.15. The molecular formula is C14H19N3O3. The summed E-state index contributed by atoms with van der Waals surface area (Å²) < 4.78 is 5.35. The Balaban J connectivity index is 2.22. The van der Waals surface area contributed by atoms with E-state index in [9.17, 15) is 9.59 Å². The van der Waals surface area contributed by atoms with Gasteiger partial charge in [-0.05, 0) is 27.7 Å². The molecule has 2 rings (SSSR count). The normalized spacial score (nSPS) is 14.7. The quantitative estimate of drug-likeness (QED) is 0.733. The summed E-state index contributed by atoms with van der Waals surface area (Å²) in [6.07, 6.45) is 0.950. The van der Waals surface area contributed by atoms with Gasteiger partial charge in [0.15, 0.2) is 6.29 Å². The van der Waals surface area contributed by atoms with Gasteiger partial charge < -0.3 is 9.64 Å². The van der Waals surface area contributed by atoms with Gasteiger partial charge in [0.2, 0.25) is 0 Å². The predicted molar refractivity (Wildman–Crippen MR) is 72.5 cm³/mol. The van der Waals surface area contributed by atoms with E-state index in [0.29, 0.717) is 37.3 Å². The third-order valence-corrected chi connectivity index (χ3v) is 2.97. The Morgan fingerprint density at radius 1 is 1.35 bits per heavy atom. The first-order valence-corrected chi connectivity index (χ1v) is 6.59. The van der Waals surface area contributed by atoms with E-state index in [1.165, 1.54) is 0 Å². The number of carbonyl (C=O) groups is 2. The zero-order chi connectivity index (χ0) is 14.9. The number of ether oxygens (including phenoxy) is 1. The molecule has 1 aliphatic heterocycles. The zero-order valence-electron chi connectivity index (χ0n) is 12.3. The van der Waals surface area contributed by atoms with Gasteiger partial charge in [0, 0.05) is 18.5 Å². The molecule has 1 aromatic heterocycles. The zero-order valence-corrected chi connectivity index (χ0v) is 12.3. The van der Waals surface area contributed by atoms with Gasteiger partial charge in [-0.2, -0.15) is 0 Å². The van der Waals surface area contributed by atoms with Gasteiger partial charge in [-0.1, -0.05) is 0 Å². The summed E-state index contributed by atoms with van der Waals surface area (Å²) in [6.45, 7) is 8.09. The number of hydrogen-bond acceptors (Lipinski definition) is 5. The van der Waals surface area contributed by atoms with E-state index in [1.54, 1.807) is 11.8 Å². The highest BCUT2D eigenvalue weighted by atomic mass is 16.6. The molecule has 1 aliphatic rings. The van der Waals surface area contributed by atoms with Crippen molar-refractivity contribution in [1.29, 1.82) is 0 Å². The summed E-state index contributed by atoms with van der Waals surface area (Å²) >= 11 is 0. The Hall–Kier alpha value is -1.98. The second kappa shape index (κ2) is 5.19. The van der Waals surface area contributed by atoms with Crippen molar-refractivity contribution in [2.75, 3.05) is 6.54 Å². The minimum atomic E-state index is -0.533. The lowest BCUT2D eigenvalue weighted by molar-refractivity contribution is 0.0221. The maximum atomic E-state index is 12.1. The number of carbonyl (C=O) groups excluding carboxylic acids is 2. The second-order valence-electron chi connectivity index (χ2n) is 5.85. The van der Waals surface area contributed by atoms with E-state index < -0.39 is 5.60 Å². The number of aldehydes is 1. The molecule has 0 atom stereocenters. The molecule has 20 heavy (non-hydrogen) atoms. The second-order valence-corrected chi connectivity index (χ2v) is 5.85. The van der Waals surface area contributed by atoms with Crippen LogP contribution in [0.4, 0.5) is 4.79 Å². The average molecular weight is 277 g/mol. The van der Waals surface area contributed by atoms with E-state index in [4.69, 9.17) is 4.74 Å². The van der Waals surface area contributed by atoms with Crippen molar-refractivity contribution in [3.05, 3.63) is 22.8 Å². The molecule has 0 spiro atoms. The maximum absolute atomic E-state index is 12.1. The number of fused-ring (bicyclic) bond motifs is 1. The molecular weight excluding hydrogens is 258 g/mol. The van der Waals surface area contributed by atoms with Crippen molar-refractivity contribution in [3.63, 3.8) is 0 Å². The largest absolute Gasteiger partial charge is 0.444 e. The van der Waals surface area contributed by atoms with Gasteiger partial charge >= 0.3 is 6.09 Å². The third kappa shape index (κ3) is 3.12. The molecule has 0 bridgehead atoms. The lowest BCUT2D eigenvalue weighted by Gasteiger charge is -2.31. The van der Waals surface area contributed by atoms with Gasteiger partial charge in [-0.15, -0.1) is 0 Å². The number of amides is 1. The predicted octanol–water partition coefficient (Wildman–Crippen LogP) is 1.89. The van der Waals surface area contributed by atoms with Crippen LogP contribution in [0.1, 0.15) is 48.3 Å². The van der Waals surface area contributed by atoms with E-state index in [2.05, 4.69) is 9.97 Å². The highest BCUT2D eigenvalue weighted by Crippen LogP contribution is 2.21. The smallest absolute Gasteiger partial charge is 0.410 e. The molecule has 0 fully saturated rings. The fourth-order valence-corrected chi connectivity index (χ4v) is 2.15. The van der Waals surface area contributed by atoms with Crippen LogP contribution in [0.3, 0.4) is 0 Å². The SMILES string of the molecule is Cc1nc(C=O)c2c(n1)CCN(C(=O)OC(C)(C)C)C2. The monoisotopic (exact) mass is 277 g/mol. The van der Waals surface area contributed by atoms with Crippen molar-refractivity contribution in [1.82, 2.24) is 14.9 Å². The average Bonchev–Trinajstić information content (AvgIpc) is 2.35. The van der Waals surface area contributed by atoms with Crippen LogP contribution in [0, 0.1) is 6.92 Å². The maximum Gasteiger partial charge on any atom is 0.410 e. The molecule has 0 saturated carbocycles. The fraction of sp³-hybridized carbons (Fsp3) is 0.571. The van der Waals surface area contributed by atoms with Crippen LogP contribution in [-0.2, 0) is 17.7 Å². The van der Waals surface area contributed by atoms with Crippen LogP contribution < -0.4 is 0 Å². The molecule has 0 unspecified atom stereocenters. The molecule has 2 heterocycles. The van der Waals surface area contributed by atoms with E-state index in [1.807, 2.05) is 20.8 Å². The first-order chi connectivity index (χ1) is 9.30. The van der Waals surface area contributed by atoms with Crippen molar-refractivity contribution >= 4 is 12.4 Å². The molecule has 0 aliphatic carbocycles. The number of nitrogens with zero attached hydrogens (tertiary/aromatic N) is 3. The van der Waals surface area contributed by atoms with Gasteiger partial charge in [0.05, 0.1) is 12.2 Å². The molecule has 0 saturated heterocycles. The van der Waals surface area contributed by atoms with Gasteiger partial charge in [0.25, 0.3) is 0 Å². The lowest BCUT2D eigenvalue weighted by Crippen LogP contribution is -2.40. The molecule has 1 aromatic rings. The summed E-state index contributed by atoms with van der Waals surface area (Å²) in [4.78, 5) is 33.2. The third-order valence-electron chi connectivity index (χ3n) is 2.97. The number of hydrogen-bond donors (Lipinski definition) is 0. The van der Waals surface area contributed by atoms with Crippen molar-refractivity contribution in [3.8, 4) is 0 Å². The molecule has 0 aromatic carbocycles. The summed E-state index contributed by atoms with van der Waals surface area (Å²) in [5.74, 6) is 0.580. The van der Waals surface area contributed by atoms with Crippen LogP contribution >= 0.6 is 0 Å². The van der Waals surface area contributed by atoms with Crippen LogP contribution in [0.5, 0.6) is 0 Å². The molecule has 6 heteroatoms. The van der Waals surface area contributed by atoms with Crippen LogP contribution in [0.25, 0.3) is 0 Å². The Bertz CT molecular complexity index is 549. The molecule has 1 amide bonds. The first-order valence-electron chi connectivity index (χ1n) is 6.59. The minimum absolute atomic E-state index is 0.318. The summed E-state index contributed by atoms with van der Waals surface area (Å²) in [5.41, 5.74) is 1.40. The summed E-state index contributed by atoms with van der Waals surface area (Å²) in [6, 6.07) is 0. The highest BCUT2D eigenvalue weighted by molar-refractivity contribution is 5.76. The Morgan fingerprint density at radius 3 is 2.65 bits per heavy atom. The van der Waals surface area contributed by atoms with Crippen molar-refractivity contribution < 1.29 is 14.3 Å². The standard InChI is InChI=1S/C14H19N3O3/c1-9-15-11-5-6-17(13(19)20-14(2,3)4)7-10(11)12(8-18)16-9/h8H,5-7H2,1-4H3. The molecule has 108 valence electrons. The minimum Gasteiger partial charge on any atom is -0.444 e. The van der Waals surface area contributed by atoms with Gasteiger partial charge in [0.1, 0.15) is 17.1 Å². The van der Waals surface area contributed by atoms with E-state index >= 15 is 0 Å². The van der Waals surface area contributed by atoms with Crippen LogP contribution in [-0.4, -0.2) is 39.4 Å². The number of aryl methyl sites for hydroxylation is 1.